The fraction of sp³-hybridized carbons (Fsp3) is 0.500. The molecule has 0 atom stereocenters. The Kier molecular flexibility index (Phi) is 4.42. The van der Waals surface area contributed by atoms with Crippen LogP contribution in [0.1, 0.15) is 40.0 Å². The van der Waals surface area contributed by atoms with E-state index < -0.39 is 0 Å². The van der Waals surface area contributed by atoms with Gasteiger partial charge >= 0.3 is 0 Å². The number of nitrogens with two attached hydrogens (primary N) is 1. The van der Waals surface area contributed by atoms with Gasteiger partial charge in [-0.05, 0) is 47.9 Å². The maximum Gasteiger partial charge on any atom is 0.183 e. The van der Waals surface area contributed by atoms with Crippen LogP contribution < -0.4 is 5.73 Å². The van der Waals surface area contributed by atoms with Crippen molar-refractivity contribution in [3.63, 3.8) is 0 Å². The van der Waals surface area contributed by atoms with Crippen molar-refractivity contribution in [2.45, 2.75) is 45.6 Å². The van der Waals surface area contributed by atoms with E-state index in [2.05, 4.69) is 52.2 Å². The van der Waals surface area contributed by atoms with Crippen LogP contribution in [0.4, 0.5) is 5.69 Å². The van der Waals surface area contributed by atoms with Gasteiger partial charge in [0.05, 0.1) is 5.54 Å². The minimum absolute atomic E-state index is 0.0527. The third-order valence-corrected chi connectivity index (χ3v) is 4.82. The number of aromatic nitrogens is 4. The molecule has 0 amide bonds. The molecular weight excluding hydrogens is 318 g/mol. The van der Waals surface area contributed by atoms with Gasteiger partial charge in [-0.25, -0.2) is 4.68 Å². The first kappa shape index (κ1) is 15.0. The molecule has 0 saturated heterocycles. The van der Waals surface area contributed by atoms with Crippen molar-refractivity contribution < 1.29 is 0 Å². The number of tetrazole rings is 1. The van der Waals surface area contributed by atoms with Crippen molar-refractivity contribution in [2.24, 2.45) is 0 Å². The summed E-state index contributed by atoms with van der Waals surface area (Å²) in [4.78, 5) is 0. The Labute approximate surface area is 127 Å². The minimum atomic E-state index is -0.0527. The van der Waals surface area contributed by atoms with Gasteiger partial charge in [-0.1, -0.05) is 36.7 Å². The average molecular weight is 338 g/mol. The highest BCUT2D eigenvalue weighted by Gasteiger charge is 2.31. The van der Waals surface area contributed by atoms with Gasteiger partial charge in [-0.3, -0.25) is 0 Å². The molecule has 5 nitrogen and oxygen atoms in total. The molecular formula is C14H20BrN5. The molecule has 1 heterocycles. The van der Waals surface area contributed by atoms with E-state index in [9.17, 15) is 0 Å². The van der Waals surface area contributed by atoms with Crippen LogP contribution in [-0.2, 0) is 5.54 Å². The fourth-order valence-electron chi connectivity index (χ4n) is 2.59. The number of anilines is 1. The van der Waals surface area contributed by atoms with Crippen LogP contribution in [0.2, 0.25) is 0 Å². The van der Waals surface area contributed by atoms with Crippen LogP contribution in [-0.4, -0.2) is 20.2 Å². The average Bonchev–Trinajstić information content (AvgIpc) is 2.94. The first-order valence-corrected chi connectivity index (χ1v) is 7.71. The molecule has 2 rings (SSSR count). The zero-order valence-electron chi connectivity index (χ0n) is 12.1. The zero-order valence-corrected chi connectivity index (χ0v) is 13.7. The molecule has 0 fully saturated rings. The summed E-state index contributed by atoms with van der Waals surface area (Å²) in [5.41, 5.74) is 7.47. The van der Waals surface area contributed by atoms with Crippen molar-refractivity contribution in [2.75, 3.05) is 5.73 Å². The van der Waals surface area contributed by atoms with Crippen molar-refractivity contribution in [3.05, 3.63) is 22.7 Å². The van der Waals surface area contributed by atoms with Crippen LogP contribution in [0, 0.1) is 0 Å². The molecule has 0 aliphatic carbocycles. The van der Waals surface area contributed by atoms with Crippen molar-refractivity contribution in [1.29, 1.82) is 0 Å². The number of hydrogen-bond acceptors (Lipinski definition) is 4. The van der Waals surface area contributed by atoms with Crippen LogP contribution in [0.3, 0.4) is 0 Å². The summed E-state index contributed by atoms with van der Waals surface area (Å²) in [5, 5.41) is 12.3. The van der Waals surface area contributed by atoms with Crippen LogP contribution >= 0.6 is 15.9 Å². The third-order valence-electron chi connectivity index (χ3n) is 4.12. The summed E-state index contributed by atoms with van der Waals surface area (Å²) in [6.07, 6.45) is 2.95. The number of nitrogens with zero attached hydrogens (tertiary/aromatic N) is 4. The fourth-order valence-corrected chi connectivity index (χ4v) is 3.01. The predicted octanol–water partition coefficient (Wildman–Crippen LogP) is 3.61. The Morgan fingerprint density at radius 1 is 1.20 bits per heavy atom. The standard InChI is InChI=1S/C14H20BrN5/c1-4-14(5-2,6-3)20-13(17-18-19-20)11-9-10(16)7-8-12(11)15/h7-9H,4-6,16H2,1-3H3. The van der Waals surface area contributed by atoms with E-state index in [0.29, 0.717) is 5.69 Å². The molecule has 2 aromatic rings. The highest BCUT2D eigenvalue weighted by molar-refractivity contribution is 9.10. The molecule has 0 bridgehead atoms. The molecule has 0 aliphatic heterocycles. The number of rotatable bonds is 5. The van der Waals surface area contributed by atoms with E-state index >= 15 is 0 Å². The van der Waals surface area contributed by atoms with E-state index in [1.54, 1.807) is 0 Å². The summed E-state index contributed by atoms with van der Waals surface area (Å²) in [6.45, 7) is 6.52. The van der Waals surface area contributed by atoms with Crippen LogP contribution in [0.25, 0.3) is 11.4 Å². The molecule has 0 aliphatic rings. The Morgan fingerprint density at radius 3 is 2.45 bits per heavy atom. The zero-order chi connectivity index (χ0) is 14.8. The molecule has 0 unspecified atom stereocenters. The van der Waals surface area contributed by atoms with Gasteiger partial charge in [-0.15, -0.1) is 5.10 Å². The topological polar surface area (TPSA) is 69.6 Å². The maximum absolute atomic E-state index is 5.89. The molecule has 108 valence electrons. The lowest BCUT2D eigenvalue weighted by molar-refractivity contribution is 0.223. The minimum Gasteiger partial charge on any atom is -0.399 e. The molecule has 1 aromatic heterocycles. The molecule has 0 spiro atoms. The molecule has 2 N–H and O–H groups in total. The second-order valence-corrected chi connectivity index (χ2v) is 5.79. The summed E-state index contributed by atoms with van der Waals surface area (Å²) < 4.78 is 2.90. The second kappa shape index (κ2) is 5.91. The highest BCUT2D eigenvalue weighted by Crippen LogP contribution is 2.35. The third kappa shape index (κ3) is 2.44. The van der Waals surface area contributed by atoms with E-state index in [1.807, 2.05) is 22.9 Å². The van der Waals surface area contributed by atoms with Gasteiger partial charge in [0.2, 0.25) is 0 Å². The van der Waals surface area contributed by atoms with Crippen molar-refractivity contribution >= 4 is 21.6 Å². The summed E-state index contributed by atoms with van der Waals surface area (Å²) in [7, 11) is 0. The number of benzene rings is 1. The van der Waals surface area contributed by atoms with Crippen LogP contribution in [0.15, 0.2) is 22.7 Å². The van der Waals surface area contributed by atoms with Gasteiger partial charge in [0.25, 0.3) is 0 Å². The van der Waals surface area contributed by atoms with Crippen molar-refractivity contribution in [3.8, 4) is 11.4 Å². The molecule has 20 heavy (non-hydrogen) atoms. The lowest BCUT2D eigenvalue weighted by Gasteiger charge is -2.31. The molecule has 1 aromatic carbocycles. The lowest BCUT2D eigenvalue weighted by Crippen LogP contribution is -2.33. The molecule has 6 heteroatoms. The lowest BCUT2D eigenvalue weighted by atomic mass is 9.89. The summed E-state index contributed by atoms with van der Waals surface area (Å²) in [6, 6.07) is 5.68. The van der Waals surface area contributed by atoms with Crippen molar-refractivity contribution in [1.82, 2.24) is 20.2 Å². The molecule has 0 radical (unpaired) electrons. The number of halogens is 1. The van der Waals surface area contributed by atoms with Gasteiger partial charge in [0.1, 0.15) is 0 Å². The monoisotopic (exact) mass is 337 g/mol. The van der Waals surface area contributed by atoms with Gasteiger partial charge in [0, 0.05) is 15.7 Å². The Balaban J connectivity index is 2.61. The normalized spacial score (nSPS) is 11.8. The first-order chi connectivity index (χ1) is 9.57. The van der Waals surface area contributed by atoms with E-state index in [-0.39, 0.29) is 5.54 Å². The smallest absolute Gasteiger partial charge is 0.183 e. The Morgan fingerprint density at radius 2 is 1.85 bits per heavy atom. The first-order valence-electron chi connectivity index (χ1n) is 6.92. The number of hydrogen-bond donors (Lipinski definition) is 1. The second-order valence-electron chi connectivity index (χ2n) is 4.94. The molecule has 0 saturated carbocycles. The van der Waals surface area contributed by atoms with E-state index in [1.165, 1.54) is 0 Å². The SMILES string of the molecule is CCC(CC)(CC)n1nnnc1-c1cc(N)ccc1Br. The highest BCUT2D eigenvalue weighted by atomic mass is 79.9. The summed E-state index contributed by atoms with van der Waals surface area (Å²) in [5.74, 6) is 0.759. The largest absolute Gasteiger partial charge is 0.399 e. The number of nitrogen functional groups attached to an aromatic ring is 1. The quantitative estimate of drug-likeness (QED) is 0.846. The predicted molar refractivity (Wildman–Crippen MR) is 84.2 cm³/mol. The maximum atomic E-state index is 5.89. The van der Waals surface area contributed by atoms with E-state index in [4.69, 9.17) is 5.73 Å². The van der Waals surface area contributed by atoms with Crippen LogP contribution in [0.5, 0.6) is 0 Å². The van der Waals surface area contributed by atoms with Gasteiger partial charge in [0.15, 0.2) is 5.82 Å². The van der Waals surface area contributed by atoms with Gasteiger partial charge in [-0.2, -0.15) is 0 Å². The van der Waals surface area contributed by atoms with Gasteiger partial charge < -0.3 is 5.73 Å². The van der Waals surface area contributed by atoms with E-state index in [0.717, 1.165) is 35.1 Å². The Hall–Kier alpha value is -1.43. The Bertz CT molecular complexity index is 581. The summed E-state index contributed by atoms with van der Waals surface area (Å²) >= 11 is 3.55.